The summed E-state index contributed by atoms with van der Waals surface area (Å²) >= 11 is 12.9. The van der Waals surface area contributed by atoms with Crippen molar-refractivity contribution in [3.05, 3.63) is 93.3 Å². The van der Waals surface area contributed by atoms with Crippen LogP contribution in [0.3, 0.4) is 0 Å². The SMILES string of the molecule is COc1ccc(C(=O)NN2C(=O)/C(=C/c3cc(Cl)c(OCc4ccccc4)c(OC)c3)SC2=S)cc1. The van der Waals surface area contributed by atoms with Gasteiger partial charge in [-0.25, -0.2) is 0 Å². The number of amides is 2. The number of halogens is 1. The van der Waals surface area contributed by atoms with Crippen molar-refractivity contribution in [3.63, 3.8) is 0 Å². The number of hydrazine groups is 1. The molecule has 7 nitrogen and oxygen atoms in total. The number of hydrogen-bond donors (Lipinski definition) is 1. The molecule has 1 fully saturated rings. The van der Waals surface area contributed by atoms with Gasteiger partial charge in [0.05, 0.1) is 24.1 Å². The standard InChI is InChI=1S/C26H21ClN2O5S2/c1-32-19-10-8-18(9-11-19)24(30)28-29-25(31)22(36-26(29)35)14-17-12-20(27)23(21(13-17)33-2)34-15-16-6-4-3-5-7-16/h3-14H,15H2,1-2H3,(H,28,30)/b22-14-. The van der Waals surface area contributed by atoms with E-state index in [0.717, 1.165) is 22.3 Å². The predicted molar refractivity (Wildman–Crippen MR) is 144 cm³/mol. The first-order chi connectivity index (χ1) is 17.4. The Morgan fingerprint density at radius 1 is 1.08 bits per heavy atom. The zero-order valence-electron chi connectivity index (χ0n) is 19.3. The van der Waals surface area contributed by atoms with E-state index in [1.807, 2.05) is 30.3 Å². The summed E-state index contributed by atoms with van der Waals surface area (Å²) in [5.74, 6) is 0.518. The van der Waals surface area contributed by atoms with Gasteiger partial charge in [0.25, 0.3) is 11.8 Å². The van der Waals surface area contributed by atoms with E-state index < -0.39 is 11.8 Å². The molecule has 0 saturated carbocycles. The highest BCUT2D eigenvalue weighted by Gasteiger charge is 2.34. The first kappa shape index (κ1) is 25.6. The monoisotopic (exact) mass is 540 g/mol. The second-order valence-electron chi connectivity index (χ2n) is 7.49. The molecule has 184 valence electrons. The number of nitrogens with zero attached hydrogens (tertiary/aromatic N) is 1. The van der Waals surface area contributed by atoms with E-state index in [9.17, 15) is 9.59 Å². The molecule has 0 spiro atoms. The fourth-order valence-electron chi connectivity index (χ4n) is 3.32. The molecule has 2 amide bonds. The van der Waals surface area contributed by atoms with Crippen molar-refractivity contribution < 1.29 is 23.8 Å². The molecule has 4 rings (SSSR count). The first-order valence-corrected chi connectivity index (χ1v) is 12.3. The van der Waals surface area contributed by atoms with E-state index >= 15 is 0 Å². The molecule has 3 aromatic rings. The molecule has 1 heterocycles. The lowest BCUT2D eigenvalue weighted by molar-refractivity contribution is -0.123. The van der Waals surface area contributed by atoms with Crippen LogP contribution < -0.4 is 19.6 Å². The van der Waals surface area contributed by atoms with Gasteiger partial charge in [-0.3, -0.25) is 15.0 Å². The van der Waals surface area contributed by atoms with Crippen LogP contribution in [0.5, 0.6) is 17.2 Å². The number of methoxy groups -OCH3 is 2. The van der Waals surface area contributed by atoms with E-state index in [-0.39, 0.29) is 4.32 Å². The highest BCUT2D eigenvalue weighted by atomic mass is 35.5. The Kier molecular flexibility index (Phi) is 8.14. The average Bonchev–Trinajstić information content (AvgIpc) is 3.15. The van der Waals surface area contributed by atoms with Crippen LogP contribution in [0.25, 0.3) is 6.08 Å². The second kappa shape index (κ2) is 11.5. The maximum absolute atomic E-state index is 13.0. The third-order valence-corrected chi connectivity index (χ3v) is 6.72. The smallest absolute Gasteiger partial charge is 0.285 e. The molecule has 10 heteroatoms. The lowest BCUT2D eigenvalue weighted by Crippen LogP contribution is -2.44. The summed E-state index contributed by atoms with van der Waals surface area (Å²) in [7, 11) is 3.05. The average molecular weight is 541 g/mol. The molecule has 0 unspecified atom stereocenters. The molecule has 0 radical (unpaired) electrons. The highest BCUT2D eigenvalue weighted by Crippen LogP contribution is 2.39. The van der Waals surface area contributed by atoms with Crippen molar-refractivity contribution in [2.75, 3.05) is 14.2 Å². The maximum Gasteiger partial charge on any atom is 0.285 e. The molecule has 0 bridgehead atoms. The topological polar surface area (TPSA) is 77.1 Å². The quantitative estimate of drug-likeness (QED) is 0.299. The molecular formula is C26H21ClN2O5S2. The number of nitrogens with one attached hydrogen (secondary N) is 1. The number of hydrogen-bond acceptors (Lipinski definition) is 7. The van der Waals surface area contributed by atoms with E-state index in [0.29, 0.717) is 44.9 Å². The van der Waals surface area contributed by atoms with Crippen LogP contribution in [0, 0.1) is 0 Å². The number of carbonyl (C=O) groups is 2. The number of carbonyl (C=O) groups excluding carboxylic acids is 2. The Balaban J connectivity index is 1.49. The van der Waals surface area contributed by atoms with Crippen LogP contribution >= 0.6 is 35.6 Å². The number of benzene rings is 3. The van der Waals surface area contributed by atoms with Gasteiger partial charge in [-0.05, 0) is 65.8 Å². The van der Waals surface area contributed by atoms with Crippen LogP contribution in [0.15, 0.2) is 71.6 Å². The third kappa shape index (κ3) is 5.81. The molecule has 1 aliphatic heterocycles. The van der Waals surface area contributed by atoms with Crippen molar-refractivity contribution in [2.45, 2.75) is 6.61 Å². The van der Waals surface area contributed by atoms with Gasteiger partial charge in [0, 0.05) is 5.56 Å². The molecule has 1 aliphatic rings. The van der Waals surface area contributed by atoms with Crippen LogP contribution in [0.2, 0.25) is 5.02 Å². The van der Waals surface area contributed by atoms with Gasteiger partial charge in [0.15, 0.2) is 15.8 Å². The number of thiocarbonyl (C=S) groups is 1. The summed E-state index contributed by atoms with van der Waals surface area (Å²) < 4.78 is 16.7. The molecule has 1 saturated heterocycles. The Labute approximate surface area is 222 Å². The number of rotatable bonds is 8. The van der Waals surface area contributed by atoms with Crippen LogP contribution in [-0.2, 0) is 11.4 Å². The summed E-state index contributed by atoms with van der Waals surface area (Å²) in [5, 5.41) is 1.38. The molecule has 0 atom stereocenters. The second-order valence-corrected chi connectivity index (χ2v) is 9.58. The first-order valence-electron chi connectivity index (χ1n) is 10.7. The largest absolute Gasteiger partial charge is 0.497 e. The minimum Gasteiger partial charge on any atom is -0.497 e. The number of ether oxygens (including phenoxy) is 3. The fraction of sp³-hybridized carbons (Fsp3) is 0.115. The van der Waals surface area contributed by atoms with E-state index in [2.05, 4.69) is 5.43 Å². The van der Waals surface area contributed by atoms with E-state index in [1.54, 1.807) is 42.5 Å². The highest BCUT2D eigenvalue weighted by molar-refractivity contribution is 8.26. The third-order valence-electron chi connectivity index (χ3n) is 5.13. The Morgan fingerprint density at radius 3 is 2.47 bits per heavy atom. The van der Waals surface area contributed by atoms with Gasteiger partial charge in [-0.1, -0.05) is 53.7 Å². The van der Waals surface area contributed by atoms with E-state index in [4.69, 9.17) is 38.0 Å². The minimum atomic E-state index is -0.472. The molecule has 0 aliphatic carbocycles. The van der Waals surface area contributed by atoms with Crippen molar-refractivity contribution in [2.24, 2.45) is 0 Å². The van der Waals surface area contributed by atoms with Crippen molar-refractivity contribution >= 4 is 57.8 Å². The Hall–Kier alpha value is -3.53. The van der Waals surface area contributed by atoms with Crippen LogP contribution in [-0.4, -0.2) is 35.4 Å². The van der Waals surface area contributed by atoms with Crippen LogP contribution in [0.1, 0.15) is 21.5 Å². The van der Waals surface area contributed by atoms with Gasteiger partial charge in [0.1, 0.15) is 12.4 Å². The summed E-state index contributed by atoms with van der Waals surface area (Å²) in [4.78, 5) is 25.9. The van der Waals surface area contributed by atoms with Crippen LogP contribution in [0.4, 0.5) is 0 Å². The summed E-state index contributed by atoms with van der Waals surface area (Å²) in [6.45, 7) is 0.322. The van der Waals surface area contributed by atoms with Gasteiger partial charge in [-0.15, -0.1) is 0 Å². The number of thioether (sulfide) groups is 1. The van der Waals surface area contributed by atoms with Crippen molar-refractivity contribution in [1.29, 1.82) is 0 Å². The molecule has 1 N–H and O–H groups in total. The molecule has 36 heavy (non-hydrogen) atoms. The van der Waals surface area contributed by atoms with Gasteiger partial charge < -0.3 is 14.2 Å². The van der Waals surface area contributed by atoms with E-state index in [1.165, 1.54) is 14.2 Å². The van der Waals surface area contributed by atoms with Gasteiger partial charge >= 0.3 is 0 Å². The lowest BCUT2D eigenvalue weighted by Gasteiger charge is -2.15. The Morgan fingerprint density at radius 2 is 1.81 bits per heavy atom. The summed E-state index contributed by atoms with van der Waals surface area (Å²) in [6.07, 6.45) is 1.63. The minimum absolute atomic E-state index is 0.203. The van der Waals surface area contributed by atoms with Crippen molar-refractivity contribution in [1.82, 2.24) is 10.4 Å². The van der Waals surface area contributed by atoms with Gasteiger partial charge in [0.2, 0.25) is 0 Å². The maximum atomic E-state index is 13.0. The molecular weight excluding hydrogens is 520 g/mol. The van der Waals surface area contributed by atoms with Crippen molar-refractivity contribution in [3.8, 4) is 17.2 Å². The van der Waals surface area contributed by atoms with Gasteiger partial charge in [-0.2, -0.15) is 5.01 Å². The predicted octanol–water partition coefficient (Wildman–Crippen LogP) is 5.48. The summed E-state index contributed by atoms with van der Waals surface area (Å²) in [5.41, 5.74) is 4.51. The molecule has 3 aromatic carbocycles. The Bertz CT molecular complexity index is 1330. The summed E-state index contributed by atoms with van der Waals surface area (Å²) in [6, 6.07) is 19.6. The lowest BCUT2D eigenvalue weighted by atomic mass is 10.1. The zero-order chi connectivity index (χ0) is 25.7. The molecule has 0 aromatic heterocycles. The normalized spacial score (nSPS) is 14.2. The zero-order valence-corrected chi connectivity index (χ0v) is 21.7. The fourth-order valence-corrected chi connectivity index (χ4v) is 4.77.